The van der Waals surface area contributed by atoms with Crippen molar-refractivity contribution in [1.29, 1.82) is 0 Å². The summed E-state index contributed by atoms with van der Waals surface area (Å²) in [6.45, 7) is 3.30. The first-order valence-corrected chi connectivity index (χ1v) is 6.23. The van der Waals surface area contributed by atoms with E-state index in [9.17, 15) is 0 Å². The summed E-state index contributed by atoms with van der Waals surface area (Å²) in [5, 5.41) is 1.78. The first-order chi connectivity index (χ1) is 6.77. The van der Waals surface area contributed by atoms with Crippen molar-refractivity contribution in [2.75, 3.05) is 13.6 Å². The highest BCUT2D eigenvalue weighted by Crippen LogP contribution is 2.09. The molecular weight excluding hydrogens is 172 g/mol. The van der Waals surface area contributed by atoms with Crippen molar-refractivity contribution < 1.29 is 0 Å². The highest BCUT2D eigenvalue weighted by atomic mass is 15.4. The maximum atomic E-state index is 5.52. The molecule has 0 atom stereocenters. The van der Waals surface area contributed by atoms with Crippen LogP contribution in [0.25, 0.3) is 0 Å². The Kier molecular flexibility index (Phi) is 10.9. The third-order valence-electron chi connectivity index (χ3n) is 2.61. The number of unbranched alkanes of at least 4 members (excludes halogenated alkanes) is 8. The Morgan fingerprint density at radius 2 is 1.21 bits per heavy atom. The van der Waals surface area contributed by atoms with Gasteiger partial charge < -0.3 is 0 Å². The van der Waals surface area contributed by atoms with E-state index < -0.39 is 0 Å². The molecule has 0 fully saturated rings. The average Bonchev–Trinajstić information content (AvgIpc) is 2.15. The van der Waals surface area contributed by atoms with Crippen LogP contribution in [0, 0.1) is 0 Å². The summed E-state index contributed by atoms with van der Waals surface area (Å²) in [5.74, 6) is 5.52. The minimum absolute atomic E-state index is 1.04. The lowest BCUT2D eigenvalue weighted by molar-refractivity contribution is 0.336. The fourth-order valence-corrected chi connectivity index (χ4v) is 1.67. The summed E-state index contributed by atoms with van der Waals surface area (Å²) >= 11 is 0. The minimum atomic E-state index is 1.04. The number of hydrazine groups is 1. The van der Waals surface area contributed by atoms with Gasteiger partial charge in [0, 0.05) is 13.6 Å². The number of rotatable bonds is 10. The molecule has 14 heavy (non-hydrogen) atoms. The van der Waals surface area contributed by atoms with Gasteiger partial charge in [-0.1, -0.05) is 58.3 Å². The van der Waals surface area contributed by atoms with E-state index in [1.807, 2.05) is 7.05 Å². The van der Waals surface area contributed by atoms with Crippen molar-refractivity contribution in [3.8, 4) is 0 Å². The Balaban J connectivity index is 2.85. The van der Waals surface area contributed by atoms with Crippen molar-refractivity contribution in [3.63, 3.8) is 0 Å². The third kappa shape index (κ3) is 11.9. The molecule has 0 aliphatic rings. The quantitative estimate of drug-likeness (QED) is 0.333. The fraction of sp³-hybridized carbons (Fsp3) is 1.00. The second-order valence-corrected chi connectivity index (χ2v) is 4.31. The van der Waals surface area contributed by atoms with E-state index in [1.165, 1.54) is 57.8 Å². The van der Waals surface area contributed by atoms with Crippen LogP contribution in [0.3, 0.4) is 0 Å². The van der Waals surface area contributed by atoms with E-state index in [2.05, 4.69) is 6.92 Å². The maximum absolute atomic E-state index is 5.52. The molecule has 0 aliphatic carbocycles. The van der Waals surface area contributed by atoms with Gasteiger partial charge >= 0.3 is 0 Å². The van der Waals surface area contributed by atoms with E-state index in [0.29, 0.717) is 0 Å². The maximum Gasteiger partial charge on any atom is 0.0125 e. The van der Waals surface area contributed by atoms with Crippen molar-refractivity contribution in [2.24, 2.45) is 5.84 Å². The number of nitrogens with two attached hydrogens (primary N) is 1. The summed E-state index contributed by atoms with van der Waals surface area (Å²) in [5.41, 5.74) is 0. The average molecular weight is 200 g/mol. The third-order valence-corrected chi connectivity index (χ3v) is 2.61. The van der Waals surface area contributed by atoms with Crippen LogP contribution in [0.2, 0.25) is 0 Å². The zero-order valence-corrected chi connectivity index (χ0v) is 10.1. The molecule has 0 rings (SSSR count). The molecule has 0 heterocycles. The predicted octanol–water partition coefficient (Wildman–Crippen LogP) is 3.32. The molecule has 0 aliphatic heterocycles. The molecule has 2 nitrogen and oxygen atoms in total. The molecular formula is C12H28N2. The lowest BCUT2D eigenvalue weighted by Gasteiger charge is -2.08. The SMILES string of the molecule is CCCCCCCCCCCN(C)N. The van der Waals surface area contributed by atoms with E-state index >= 15 is 0 Å². The van der Waals surface area contributed by atoms with E-state index in [4.69, 9.17) is 5.84 Å². The lowest BCUT2D eigenvalue weighted by atomic mass is 10.1. The monoisotopic (exact) mass is 200 g/mol. The Morgan fingerprint density at radius 3 is 1.64 bits per heavy atom. The standard InChI is InChI=1S/C12H28N2/c1-3-4-5-6-7-8-9-10-11-12-14(2)13/h3-13H2,1-2H3. The van der Waals surface area contributed by atoms with Crippen molar-refractivity contribution >= 4 is 0 Å². The predicted molar refractivity (Wildman–Crippen MR) is 64.0 cm³/mol. The first kappa shape index (κ1) is 13.9. The summed E-state index contributed by atoms with van der Waals surface area (Å²) in [7, 11) is 1.94. The van der Waals surface area contributed by atoms with Gasteiger partial charge in [-0.05, 0) is 6.42 Å². The molecule has 0 unspecified atom stereocenters. The molecule has 2 heteroatoms. The molecule has 2 N–H and O–H groups in total. The number of nitrogens with zero attached hydrogens (tertiary/aromatic N) is 1. The Hall–Kier alpha value is -0.0800. The highest BCUT2D eigenvalue weighted by Gasteiger charge is 1.93. The molecule has 0 saturated heterocycles. The Morgan fingerprint density at radius 1 is 0.786 bits per heavy atom. The van der Waals surface area contributed by atoms with Gasteiger partial charge in [-0.15, -0.1) is 0 Å². The van der Waals surface area contributed by atoms with Gasteiger partial charge in [-0.3, -0.25) is 10.9 Å². The molecule has 0 aromatic carbocycles. The highest BCUT2D eigenvalue weighted by molar-refractivity contribution is 4.48. The lowest BCUT2D eigenvalue weighted by Crippen LogP contribution is -2.26. The van der Waals surface area contributed by atoms with E-state index in [1.54, 1.807) is 5.01 Å². The topological polar surface area (TPSA) is 29.3 Å². The largest absolute Gasteiger partial charge is 0.269 e. The molecule has 0 bridgehead atoms. The van der Waals surface area contributed by atoms with Gasteiger partial charge in [0.25, 0.3) is 0 Å². The number of hydrogen-bond acceptors (Lipinski definition) is 2. The summed E-state index contributed by atoms with van der Waals surface area (Å²) in [6, 6.07) is 0. The van der Waals surface area contributed by atoms with Crippen molar-refractivity contribution in [2.45, 2.75) is 64.7 Å². The Labute approximate surface area is 89.8 Å². The summed E-state index contributed by atoms with van der Waals surface area (Å²) < 4.78 is 0. The molecule has 0 amide bonds. The van der Waals surface area contributed by atoms with Gasteiger partial charge in [0.05, 0.1) is 0 Å². The smallest absolute Gasteiger partial charge is 0.0125 e. The Bertz CT molecular complexity index is 102. The van der Waals surface area contributed by atoms with Crippen molar-refractivity contribution in [1.82, 2.24) is 5.01 Å². The summed E-state index contributed by atoms with van der Waals surface area (Å²) in [6.07, 6.45) is 12.5. The van der Waals surface area contributed by atoms with Crippen LogP contribution < -0.4 is 5.84 Å². The van der Waals surface area contributed by atoms with Crippen LogP contribution in [-0.4, -0.2) is 18.6 Å². The normalized spacial score (nSPS) is 11.1. The zero-order chi connectivity index (χ0) is 10.6. The van der Waals surface area contributed by atoms with Gasteiger partial charge in [0.15, 0.2) is 0 Å². The molecule has 0 aromatic rings. The zero-order valence-electron chi connectivity index (χ0n) is 10.1. The van der Waals surface area contributed by atoms with Crippen LogP contribution in [0.1, 0.15) is 64.7 Å². The molecule has 86 valence electrons. The van der Waals surface area contributed by atoms with Crippen LogP contribution in [0.15, 0.2) is 0 Å². The minimum Gasteiger partial charge on any atom is -0.269 e. The van der Waals surface area contributed by atoms with Gasteiger partial charge in [0.1, 0.15) is 0 Å². The molecule has 0 radical (unpaired) electrons. The first-order valence-electron chi connectivity index (χ1n) is 6.23. The van der Waals surface area contributed by atoms with Gasteiger partial charge in [-0.2, -0.15) is 0 Å². The molecule has 0 aromatic heterocycles. The van der Waals surface area contributed by atoms with Gasteiger partial charge in [0.2, 0.25) is 0 Å². The second kappa shape index (κ2) is 11.0. The van der Waals surface area contributed by atoms with Gasteiger partial charge in [-0.25, -0.2) is 0 Å². The van der Waals surface area contributed by atoms with E-state index in [-0.39, 0.29) is 0 Å². The molecule has 0 saturated carbocycles. The van der Waals surface area contributed by atoms with E-state index in [0.717, 1.165) is 6.54 Å². The second-order valence-electron chi connectivity index (χ2n) is 4.31. The molecule has 0 spiro atoms. The van der Waals surface area contributed by atoms with Crippen LogP contribution in [0.4, 0.5) is 0 Å². The number of hydrogen-bond donors (Lipinski definition) is 1. The fourth-order valence-electron chi connectivity index (χ4n) is 1.67. The van der Waals surface area contributed by atoms with Crippen LogP contribution in [-0.2, 0) is 0 Å². The van der Waals surface area contributed by atoms with Crippen molar-refractivity contribution in [3.05, 3.63) is 0 Å². The summed E-state index contributed by atoms with van der Waals surface area (Å²) in [4.78, 5) is 0. The van der Waals surface area contributed by atoms with Crippen LogP contribution >= 0.6 is 0 Å². The van der Waals surface area contributed by atoms with Crippen LogP contribution in [0.5, 0.6) is 0 Å².